The van der Waals surface area contributed by atoms with E-state index >= 15 is 0 Å². The molecule has 3 amide bonds. The summed E-state index contributed by atoms with van der Waals surface area (Å²) in [4.78, 5) is 59.3. The van der Waals surface area contributed by atoms with E-state index in [9.17, 15) is 29.6 Å². The molecular formula is C32H23N5O6. The average Bonchev–Trinajstić information content (AvgIpc) is 3.48. The van der Waals surface area contributed by atoms with Crippen LogP contribution in [0, 0.1) is 10.1 Å². The fourth-order valence-electron chi connectivity index (χ4n) is 5.03. The van der Waals surface area contributed by atoms with Gasteiger partial charge in [-0.1, -0.05) is 42.5 Å². The van der Waals surface area contributed by atoms with Gasteiger partial charge < -0.3 is 15.0 Å². The van der Waals surface area contributed by atoms with Crippen molar-refractivity contribution in [2.45, 2.75) is 0 Å². The highest BCUT2D eigenvalue weighted by molar-refractivity contribution is 6.23. The van der Waals surface area contributed by atoms with Crippen LogP contribution in [-0.2, 0) is 4.79 Å². The second-order valence-corrected chi connectivity index (χ2v) is 9.87. The molecule has 1 aliphatic rings. The summed E-state index contributed by atoms with van der Waals surface area (Å²) in [6, 6.07) is 26.5. The smallest absolute Gasteiger partial charge is 0.270 e. The molecule has 2 N–H and O–H groups in total. The Morgan fingerprint density at radius 1 is 0.930 bits per heavy atom. The Bertz CT molecular complexity index is 1930. The molecule has 0 saturated heterocycles. The molecule has 1 aromatic heterocycles. The summed E-state index contributed by atoms with van der Waals surface area (Å²) < 4.78 is 0. The summed E-state index contributed by atoms with van der Waals surface area (Å²) in [6.07, 6.45) is 0. The Morgan fingerprint density at radius 3 is 2.19 bits per heavy atom. The number of aliphatic imine (C=N–C) groups is 1. The Kier molecular flexibility index (Phi) is 6.75. The number of amides is 3. The van der Waals surface area contributed by atoms with Crippen LogP contribution in [-0.4, -0.2) is 56.9 Å². The molecule has 0 fully saturated rings. The van der Waals surface area contributed by atoms with Crippen LogP contribution in [0.3, 0.4) is 0 Å². The van der Waals surface area contributed by atoms with Crippen molar-refractivity contribution in [3.8, 4) is 5.88 Å². The minimum atomic E-state index is -0.508. The van der Waals surface area contributed by atoms with E-state index in [0.29, 0.717) is 39.1 Å². The molecule has 0 bridgehead atoms. The van der Waals surface area contributed by atoms with E-state index in [-0.39, 0.29) is 22.7 Å². The first-order valence-corrected chi connectivity index (χ1v) is 13.2. The number of aromatic hydroxyl groups is 1. The van der Waals surface area contributed by atoms with E-state index in [1.807, 2.05) is 30.3 Å². The number of benzene rings is 4. The number of hydrogen-bond donors (Lipinski definition) is 2. The molecule has 0 saturated carbocycles. The zero-order chi connectivity index (χ0) is 30.2. The summed E-state index contributed by atoms with van der Waals surface area (Å²) >= 11 is 0. The lowest BCUT2D eigenvalue weighted by molar-refractivity contribution is -0.384. The van der Waals surface area contributed by atoms with Gasteiger partial charge in [-0.2, -0.15) is 0 Å². The summed E-state index contributed by atoms with van der Waals surface area (Å²) in [7, 11) is 1.55. The highest BCUT2D eigenvalue weighted by Crippen LogP contribution is 2.34. The number of rotatable bonds is 7. The molecule has 2 heterocycles. The first-order valence-electron chi connectivity index (χ1n) is 13.2. The lowest BCUT2D eigenvalue weighted by Gasteiger charge is -2.21. The van der Waals surface area contributed by atoms with E-state index in [1.54, 1.807) is 55.6 Å². The van der Waals surface area contributed by atoms with Crippen LogP contribution in [0.4, 0.5) is 17.1 Å². The number of non-ortho nitro benzene ring substituents is 1. The van der Waals surface area contributed by atoms with Crippen LogP contribution < -0.4 is 4.90 Å². The number of aromatic amines is 1. The number of carbonyl (C=O) groups excluding carboxylic acids is 3. The topological polar surface area (TPSA) is 149 Å². The molecule has 0 spiro atoms. The second kappa shape index (κ2) is 10.7. The van der Waals surface area contributed by atoms with Crippen LogP contribution in [0.1, 0.15) is 31.8 Å². The largest absolute Gasteiger partial charge is 0.494 e. The molecule has 43 heavy (non-hydrogen) atoms. The van der Waals surface area contributed by atoms with E-state index in [4.69, 9.17) is 4.99 Å². The predicted octanol–water partition coefficient (Wildman–Crippen LogP) is 5.21. The molecule has 0 atom stereocenters. The maximum Gasteiger partial charge on any atom is 0.270 e. The van der Waals surface area contributed by atoms with Gasteiger partial charge in [0.1, 0.15) is 6.54 Å². The minimum Gasteiger partial charge on any atom is -0.494 e. The first kappa shape index (κ1) is 27.1. The molecule has 6 rings (SSSR count). The number of hydrogen-bond acceptors (Lipinski definition) is 7. The molecule has 11 heteroatoms. The third-order valence-corrected chi connectivity index (χ3v) is 7.28. The summed E-state index contributed by atoms with van der Waals surface area (Å²) in [6.45, 7) is -0.410. The number of likely N-dealkylation sites (N-methyl/N-ethyl adjacent to an activating group) is 1. The fraction of sp³-hybridized carbons (Fsp3) is 0.0625. The Labute approximate surface area is 244 Å². The van der Waals surface area contributed by atoms with Crippen LogP contribution >= 0.6 is 0 Å². The molecule has 11 nitrogen and oxygen atoms in total. The normalized spacial score (nSPS) is 13.0. The zero-order valence-corrected chi connectivity index (χ0v) is 22.7. The summed E-state index contributed by atoms with van der Waals surface area (Å²) in [5, 5.41) is 22.7. The van der Waals surface area contributed by atoms with Crippen molar-refractivity contribution in [2.24, 2.45) is 4.99 Å². The first-order chi connectivity index (χ1) is 20.7. The number of aromatic nitrogens is 1. The molecule has 0 aliphatic carbocycles. The maximum atomic E-state index is 13.1. The lowest BCUT2D eigenvalue weighted by atomic mass is 10.0. The highest BCUT2D eigenvalue weighted by atomic mass is 16.6. The third-order valence-electron chi connectivity index (χ3n) is 7.28. The van der Waals surface area contributed by atoms with Crippen molar-refractivity contribution in [3.63, 3.8) is 0 Å². The zero-order valence-electron chi connectivity index (χ0n) is 22.7. The molecule has 212 valence electrons. The maximum absolute atomic E-state index is 13.1. The second-order valence-electron chi connectivity index (χ2n) is 9.87. The Hall–Kier alpha value is -6.10. The van der Waals surface area contributed by atoms with Crippen molar-refractivity contribution < 1.29 is 24.4 Å². The third kappa shape index (κ3) is 4.88. The van der Waals surface area contributed by atoms with Crippen molar-refractivity contribution in [3.05, 3.63) is 129 Å². The quantitative estimate of drug-likeness (QED) is 0.118. The van der Waals surface area contributed by atoms with Gasteiger partial charge in [0, 0.05) is 41.3 Å². The predicted molar refractivity (Wildman–Crippen MR) is 160 cm³/mol. The van der Waals surface area contributed by atoms with E-state index < -0.39 is 29.2 Å². The van der Waals surface area contributed by atoms with Gasteiger partial charge in [0.05, 0.1) is 33.0 Å². The summed E-state index contributed by atoms with van der Waals surface area (Å²) in [5.41, 5.74) is 3.28. The number of H-pyrrole nitrogens is 1. The van der Waals surface area contributed by atoms with E-state index in [0.717, 1.165) is 4.90 Å². The van der Waals surface area contributed by atoms with Crippen LogP contribution in [0.2, 0.25) is 0 Å². The fourth-order valence-corrected chi connectivity index (χ4v) is 5.03. The molecule has 0 unspecified atom stereocenters. The van der Waals surface area contributed by atoms with Gasteiger partial charge in [-0.05, 0) is 42.5 Å². The number of anilines is 1. The van der Waals surface area contributed by atoms with Gasteiger partial charge >= 0.3 is 0 Å². The van der Waals surface area contributed by atoms with E-state index in [1.165, 1.54) is 23.1 Å². The standard InChI is InChI=1S/C32H23N5O6/c1-35(27(38)18-36-31(40)23-9-5-6-10-24(23)32(36)41)21-13-11-20(12-14-21)33-29(19-7-3-2-4-8-19)28-25-17-22(37(42)43)15-16-26(25)34-30(28)39/h2-17,34,39H,18H2,1H3. The number of fused-ring (bicyclic) bond motifs is 2. The van der Waals surface area contributed by atoms with Gasteiger partial charge in [0.2, 0.25) is 5.91 Å². The number of nitro groups is 1. The molecular weight excluding hydrogens is 550 g/mol. The average molecular weight is 574 g/mol. The van der Waals surface area contributed by atoms with Crippen molar-refractivity contribution in [1.82, 2.24) is 9.88 Å². The SMILES string of the molecule is CN(C(=O)CN1C(=O)c2ccccc2C1=O)c1ccc(N=C(c2ccccc2)c2c(O)[nH]c3ccc([N+](=O)[O-])cc23)cc1. The van der Waals surface area contributed by atoms with Gasteiger partial charge in [-0.15, -0.1) is 0 Å². The van der Waals surface area contributed by atoms with Gasteiger partial charge in [-0.25, -0.2) is 4.99 Å². The van der Waals surface area contributed by atoms with Gasteiger partial charge in [0.25, 0.3) is 17.5 Å². The van der Waals surface area contributed by atoms with E-state index in [2.05, 4.69) is 4.98 Å². The van der Waals surface area contributed by atoms with Gasteiger partial charge in [-0.3, -0.25) is 29.4 Å². The number of imide groups is 1. The van der Waals surface area contributed by atoms with Crippen LogP contribution in [0.25, 0.3) is 10.9 Å². The van der Waals surface area contributed by atoms with Crippen molar-refractivity contribution in [1.29, 1.82) is 0 Å². The van der Waals surface area contributed by atoms with Crippen molar-refractivity contribution >= 4 is 51.4 Å². The number of nitrogens with zero attached hydrogens (tertiary/aromatic N) is 4. The molecule has 0 radical (unpaired) electrons. The number of nitro benzene ring substituents is 1. The van der Waals surface area contributed by atoms with Crippen LogP contribution in [0.15, 0.2) is 102 Å². The van der Waals surface area contributed by atoms with Crippen LogP contribution in [0.5, 0.6) is 5.88 Å². The monoisotopic (exact) mass is 573 g/mol. The summed E-state index contributed by atoms with van der Waals surface area (Å²) in [5.74, 6) is -1.66. The molecule has 1 aliphatic heterocycles. The highest BCUT2D eigenvalue weighted by Gasteiger charge is 2.36. The number of nitrogens with one attached hydrogen (secondary N) is 1. The van der Waals surface area contributed by atoms with Crippen molar-refractivity contribution in [2.75, 3.05) is 18.5 Å². The van der Waals surface area contributed by atoms with Gasteiger partial charge in [0.15, 0.2) is 5.88 Å². The Morgan fingerprint density at radius 2 is 1.56 bits per heavy atom. The number of carbonyl (C=O) groups is 3. The lowest BCUT2D eigenvalue weighted by Crippen LogP contribution is -2.41. The molecule has 4 aromatic carbocycles. The molecule has 5 aromatic rings. The minimum absolute atomic E-state index is 0.126. The Balaban J connectivity index is 1.30.